The quantitative estimate of drug-likeness (QED) is 0.609. The maximum absolute atomic E-state index is 12.2. The third-order valence-electron chi connectivity index (χ3n) is 3.36. The van der Waals surface area contributed by atoms with Crippen molar-refractivity contribution in [2.75, 3.05) is 13.1 Å². The summed E-state index contributed by atoms with van der Waals surface area (Å²) in [5.74, 6) is 0. The zero-order valence-corrected chi connectivity index (χ0v) is 12.8. The van der Waals surface area contributed by atoms with Gasteiger partial charge in [-0.3, -0.25) is 10.1 Å². The van der Waals surface area contributed by atoms with E-state index >= 15 is 0 Å². The van der Waals surface area contributed by atoms with Gasteiger partial charge in [-0.15, -0.1) is 0 Å². The van der Waals surface area contributed by atoms with E-state index in [4.69, 9.17) is 11.6 Å². The Labute approximate surface area is 127 Å². The predicted octanol–water partition coefficient (Wildman–Crippen LogP) is 1.67. The summed E-state index contributed by atoms with van der Waals surface area (Å²) in [5.41, 5.74) is -0.308. The molecule has 1 fully saturated rings. The molecule has 0 amide bonds. The SMILES string of the molecule is O=[N+]([O-])c1ccc(Cl)c(S(=O)(=O)NCC[C@H]2CCCN2)c1. The number of sulfonamides is 1. The molecule has 1 aliphatic heterocycles. The van der Waals surface area contributed by atoms with Crippen LogP contribution >= 0.6 is 11.6 Å². The number of non-ortho nitro benzene ring substituents is 1. The maximum Gasteiger partial charge on any atom is 0.270 e. The Kier molecular flexibility index (Phi) is 5.15. The molecule has 0 unspecified atom stereocenters. The number of nitro groups is 1. The van der Waals surface area contributed by atoms with Gasteiger partial charge in [-0.2, -0.15) is 0 Å². The molecule has 2 rings (SSSR count). The monoisotopic (exact) mass is 333 g/mol. The molecule has 21 heavy (non-hydrogen) atoms. The lowest BCUT2D eigenvalue weighted by molar-refractivity contribution is -0.385. The molecule has 0 aliphatic carbocycles. The van der Waals surface area contributed by atoms with Crippen molar-refractivity contribution in [3.63, 3.8) is 0 Å². The van der Waals surface area contributed by atoms with Crippen molar-refractivity contribution in [2.45, 2.75) is 30.2 Å². The van der Waals surface area contributed by atoms with E-state index in [2.05, 4.69) is 10.0 Å². The number of nitrogens with one attached hydrogen (secondary N) is 2. The van der Waals surface area contributed by atoms with Crippen LogP contribution in [-0.2, 0) is 10.0 Å². The minimum atomic E-state index is -3.85. The molecule has 1 atom stereocenters. The number of nitro benzene ring substituents is 1. The molecule has 1 aromatic carbocycles. The zero-order chi connectivity index (χ0) is 15.5. The fraction of sp³-hybridized carbons (Fsp3) is 0.500. The van der Waals surface area contributed by atoms with Crippen LogP contribution in [0.25, 0.3) is 0 Å². The molecule has 9 heteroatoms. The lowest BCUT2D eigenvalue weighted by atomic mass is 10.2. The third-order valence-corrected chi connectivity index (χ3v) is 5.30. The minimum absolute atomic E-state index is 0.0351. The zero-order valence-electron chi connectivity index (χ0n) is 11.2. The van der Waals surface area contributed by atoms with Gasteiger partial charge in [-0.05, 0) is 31.9 Å². The van der Waals surface area contributed by atoms with Gasteiger partial charge in [0.2, 0.25) is 10.0 Å². The van der Waals surface area contributed by atoms with Crippen LogP contribution in [-0.4, -0.2) is 32.5 Å². The molecule has 1 aromatic rings. The molecule has 0 aromatic heterocycles. The van der Waals surface area contributed by atoms with E-state index in [1.54, 1.807) is 0 Å². The fourth-order valence-corrected chi connectivity index (χ4v) is 3.82. The molecule has 0 saturated carbocycles. The Morgan fingerprint density at radius 3 is 2.86 bits per heavy atom. The number of halogens is 1. The first kappa shape index (κ1) is 16.2. The van der Waals surface area contributed by atoms with Crippen molar-refractivity contribution >= 4 is 27.3 Å². The van der Waals surface area contributed by atoms with Crippen molar-refractivity contribution in [1.29, 1.82) is 0 Å². The van der Waals surface area contributed by atoms with Crippen molar-refractivity contribution < 1.29 is 13.3 Å². The Bertz CT molecular complexity index is 629. The minimum Gasteiger partial charge on any atom is -0.314 e. The number of nitrogens with zero attached hydrogens (tertiary/aromatic N) is 1. The van der Waals surface area contributed by atoms with Gasteiger partial charge in [0.25, 0.3) is 5.69 Å². The maximum atomic E-state index is 12.2. The van der Waals surface area contributed by atoms with E-state index in [0.29, 0.717) is 12.5 Å². The van der Waals surface area contributed by atoms with Gasteiger partial charge in [-0.1, -0.05) is 11.6 Å². The van der Waals surface area contributed by atoms with Gasteiger partial charge in [0, 0.05) is 24.7 Å². The van der Waals surface area contributed by atoms with Crippen molar-refractivity contribution in [1.82, 2.24) is 10.0 Å². The van der Waals surface area contributed by atoms with Gasteiger partial charge in [0.15, 0.2) is 0 Å². The van der Waals surface area contributed by atoms with E-state index in [1.165, 1.54) is 12.1 Å². The molecular weight excluding hydrogens is 318 g/mol. The second kappa shape index (κ2) is 6.69. The highest BCUT2D eigenvalue weighted by molar-refractivity contribution is 7.89. The second-order valence-electron chi connectivity index (χ2n) is 4.85. The van der Waals surface area contributed by atoms with E-state index in [0.717, 1.165) is 25.5 Å². The highest BCUT2D eigenvalue weighted by Crippen LogP contribution is 2.26. The summed E-state index contributed by atoms with van der Waals surface area (Å²) in [4.78, 5) is 9.80. The highest BCUT2D eigenvalue weighted by atomic mass is 35.5. The summed E-state index contributed by atoms with van der Waals surface area (Å²) in [6, 6.07) is 3.67. The van der Waals surface area contributed by atoms with Gasteiger partial charge >= 0.3 is 0 Å². The first-order valence-corrected chi connectivity index (χ1v) is 8.43. The fourth-order valence-electron chi connectivity index (χ4n) is 2.26. The van der Waals surface area contributed by atoms with Crippen LogP contribution in [0.3, 0.4) is 0 Å². The van der Waals surface area contributed by atoms with Crippen molar-refractivity contribution in [3.05, 3.63) is 33.3 Å². The Morgan fingerprint density at radius 1 is 1.48 bits per heavy atom. The standard InChI is InChI=1S/C12H16ClN3O4S/c13-11-4-3-10(16(17)18)8-12(11)21(19,20)15-7-5-9-2-1-6-14-9/h3-4,8-9,14-15H,1-2,5-7H2/t9-/m1/s1. The summed E-state index contributed by atoms with van der Waals surface area (Å²) in [5, 5.41) is 14.0. The third kappa shape index (κ3) is 4.13. The predicted molar refractivity (Wildman–Crippen MR) is 78.9 cm³/mol. The van der Waals surface area contributed by atoms with Crippen LogP contribution in [0.5, 0.6) is 0 Å². The summed E-state index contributed by atoms with van der Waals surface area (Å²) < 4.78 is 26.8. The first-order valence-electron chi connectivity index (χ1n) is 6.57. The average molecular weight is 334 g/mol. The largest absolute Gasteiger partial charge is 0.314 e. The molecule has 0 bridgehead atoms. The molecular formula is C12H16ClN3O4S. The van der Waals surface area contributed by atoms with Gasteiger partial charge < -0.3 is 5.32 Å². The normalized spacial score (nSPS) is 18.8. The molecule has 1 heterocycles. The Morgan fingerprint density at radius 2 is 2.24 bits per heavy atom. The van der Waals surface area contributed by atoms with Crippen LogP contribution in [0.1, 0.15) is 19.3 Å². The highest BCUT2D eigenvalue weighted by Gasteiger charge is 2.22. The molecule has 0 spiro atoms. The topological polar surface area (TPSA) is 101 Å². The van der Waals surface area contributed by atoms with E-state index < -0.39 is 14.9 Å². The van der Waals surface area contributed by atoms with Crippen LogP contribution in [0.4, 0.5) is 5.69 Å². The summed E-state index contributed by atoms with van der Waals surface area (Å²) in [6.07, 6.45) is 2.79. The summed E-state index contributed by atoms with van der Waals surface area (Å²) >= 11 is 5.84. The number of benzene rings is 1. The van der Waals surface area contributed by atoms with Crippen molar-refractivity contribution in [3.8, 4) is 0 Å². The van der Waals surface area contributed by atoms with Crippen LogP contribution in [0.2, 0.25) is 5.02 Å². The summed E-state index contributed by atoms with van der Waals surface area (Å²) in [6.45, 7) is 1.22. The molecule has 1 aliphatic rings. The lowest BCUT2D eigenvalue weighted by Crippen LogP contribution is -2.30. The van der Waals surface area contributed by atoms with Crippen LogP contribution < -0.4 is 10.0 Å². The second-order valence-corrected chi connectivity index (χ2v) is 6.99. The molecule has 7 nitrogen and oxygen atoms in total. The first-order chi connectivity index (χ1) is 9.90. The average Bonchev–Trinajstić information content (AvgIpc) is 2.91. The Balaban J connectivity index is 2.07. The van der Waals surface area contributed by atoms with E-state index in [9.17, 15) is 18.5 Å². The van der Waals surface area contributed by atoms with Crippen LogP contribution in [0.15, 0.2) is 23.1 Å². The van der Waals surface area contributed by atoms with E-state index in [-0.39, 0.29) is 22.2 Å². The Hall–Kier alpha value is -1.22. The lowest BCUT2D eigenvalue weighted by Gasteiger charge is -2.11. The smallest absolute Gasteiger partial charge is 0.270 e. The number of hydrogen-bond donors (Lipinski definition) is 2. The van der Waals surface area contributed by atoms with Gasteiger partial charge in [0.05, 0.1) is 9.95 Å². The van der Waals surface area contributed by atoms with Crippen LogP contribution in [0, 0.1) is 10.1 Å². The molecule has 0 radical (unpaired) electrons. The summed E-state index contributed by atoms with van der Waals surface area (Å²) in [7, 11) is -3.85. The van der Waals surface area contributed by atoms with Crippen molar-refractivity contribution in [2.24, 2.45) is 0 Å². The molecule has 1 saturated heterocycles. The van der Waals surface area contributed by atoms with Gasteiger partial charge in [-0.25, -0.2) is 13.1 Å². The molecule has 2 N–H and O–H groups in total. The van der Waals surface area contributed by atoms with E-state index in [1.807, 2.05) is 0 Å². The number of hydrogen-bond acceptors (Lipinski definition) is 5. The number of rotatable bonds is 6. The molecule has 116 valence electrons. The van der Waals surface area contributed by atoms with Gasteiger partial charge in [0.1, 0.15) is 4.90 Å².